The number of amides is 2. The fourth-order valence-electron chi connectivity index (χ4n) is 4.09. The van der Waals surface area contributed by atoms with Gasteiger partial charge in [0.05, 0.1) is 19.3 Å². The Morgan fingerprint density at radius 2 is 1.96 bits per heavy atom. The van der Waals surface area contributed by atoms with Crippen molar-refractivity contribution in [3.05, 3.63) is 47.7 Å². The molecule has 2 atom stereocenters. The van der Waals surface area contributed by atoms with Crippen molar-refractivity contribution in [3.8, 4) is 0 Å². The van der Waals surface area contributed by atoms with E-state index in [2.05, 4.69) is 17.3 Å². The lowest BCUT2D eigenvalue weighted by molar-refractivity contribution is -0.119. The van der Waals surface area contributed by atoms with E-state index >= 15 is 0 Å². The molecule has 1 fully saturated rings. The largest absolute Gasteiger partial charge is 0.349 e. The van der Waals surface area contributed by atoms with Crippen LogP contribution in [0.3, 0.4) is 0 Å². The molecule has 2 aromatic rings. The van der Waals surface area contributed by atoms with Gasteiger partial charge in [0.25, 0.3) is 5.91 Å². The topological polar surface area (TPSA) is 67.2 Å². The molecule has 0 unspecified atom stereocenters. The maximum Gasteiger partial charge on any atom is 0.251 e. The molecule has 0 spiro atoms. The number of fused-ring (bicyclic) bond motifs is 1. The number of carbonyl (C=O) groups is 2. The fraction of sp³-hybridized carbons (Fsp3) is 0.476. The first-order valence-electron chi connectivity index (χ1n) is 9.84. The Hall–Kier alpha value is -2.63. The van der Waals surface area contributed by atoms with Crippen LogP contribution in [0.5, 0.6) is 0 Å². The number of hydrogen-bond acceptors (Lipinski definition) is 3. The van der Waals surface area contributed by atoms with Crippen molar-refractivity contribution < 1.29 is 9.59 Å². The van der Waals surface area contributed by atoms with Gasteiger partial charge in [-0.2, -0.15) is 5.10 Å². The summed E-state index contributed by atoms with van der Waals surface area (Å²) in [6.45, 7) is 3.34. The van der Waals surface area contributed by atoms with Gasteiger partial charge in [0.1, 0.15) is 5.82 Å². The van der Waals surface area contributed by atoms with Crippen LogP contribution in [0.25, 0.3) is 0 Å². The van der Waals surface area contributed by atoms with Gasteiger partial charge in [-0.25, -0.2) is 4.68 Å². The number of rotatable bonds is 4. The molecule has 1 N–H and O–H groups in total. The molecule has 1 aliphatic heterocycles. The van der Waals surface area contributed by atoms with Crippen molar-refractivity contribution in [1.29, 1.82) is 0 Å². The summed E-state index contributed by atoms with van der Waals surface area (Å²) < 4.78 is 1.86. The van der Waals surface area contributed by atoms with Gasteiger partial charge in [-0.15, -0.1) is 0 Å². The SMILES string of the molecule is C[C@H]1CCCC[C@@H]1NC(=O)c1ccc(CN2C(=O)CCn3nccc32)cc1. The molecule has 2 aliphatic rings. The van der Waals surface area contributed by atoms with Crippen LogP contribution in [-0.2, 0) is 17.9 Å². The average Bonchev–Trinajstić information content (AvgIpc) is 3.15. The third-order valence-corrected chi connectivity index (χ3v) is 5.79. The molecule has 0 saturated heterocycles. The molecule has 27 heavy (non-hydrogen) atoms. The van der Waals surface area contributed by atoms with E-state index in [0.29, 0.717) is 31.0 Å². The van der Waals surface area contributed by atoms with Crippen molar-refractivity contribution in [1.82, 2.24) is 15.1 Å². The van der Waals surface area contributed by atoms with Crippen LogP contribution in [-0.4, -0.2) is 27.6 Å². The second-order valence-corrected chi connectivity index (χ2v) is 7.68. The summed E-state index contributed by atoms with van der Waals surface area (Å²) in [5.41, 5.74) is 1.67. The minimum atomic E-state index is -0.00701. The van der Waals surface area contributed by atoms with Gasteiger partial charge in [0.15, 0.2) is 0 Å². The lowest BCUT2D eigenvalue weighted by atomic mass is 9.86. The summed E-state index contributed by atoms with van der Waals surface area (Å²) >= 11 is 0. The zero-order chi connectivity index (χ0) is 18.8. The highest BCUT2D eigenvalue weighted by Gasteiger charge is 2.25. The van der Waals surface area contributed by atoms with Crippen LogP contribution in [0.4, 0.5) is 5.82 Å². The highest BCUT2D eigenvalue weighted by Crippen LogP contribution is 2.25. The van der Waals surface area contributed by atoms with Gasteiger partial charge in [0.2, 0.25) is 5.91 Å². The number of nitrogens with zero attached hydrogens (tertiary/aromatic N) is 3. The maximum absolute atomic E-state index is 12.6. The monoisotopic (exact) mass is 366 g/mol. The van der Waals surface area contributed by atoms with Crippen LogP contribution in [0, 0.1) is 5.92 Å². The second-order valence-electron chi connectivity index (χ2n) is 7.68. The summed E-state index contributed by atoms with van der Waals surface area (Å²) in [5, 5.41) is 7.44. The number of aryl methyl sites for hydroxylation is 1. The van der Waals surface area contributed by atoms with Crippen LogP contribution in [0.1, 0.15) is 54.9 Å². The molecule has 1 aromatic carbocycles. The van der Waals surface area contributed by atoms with Gasteiger partial charge < -0.3 is 5.32 Å². The predicted molar refractivity (Wildman–Crippen MR) is 103 cm³/mol. The Morgan fingerprint density at radius 1 is 1.19 bits per heavy atom. The third kappa shape index (κ3) is 3.75. The van der Waals surface area contributed by atoms with Crippen molar-refractivity contribution >= 4 is 17.6 Å². The Kier molecular flexibility index (Phi) is 4.97. The quantitative estimate of drug-likeness (QED) is 0.904. The summed E-state index contributed by atoms with van der Waals surface area (Å²) in [6.07, 6.45) is 6.89. The minimum Gasteiger partial charge on any atom is -0.349 e. The Bertz CT molecular complexity index is 827. The van der Waals surface area contributed by atoms with E-state index in [1.165, 1.54) is 19.3 Å². The van der Waals surface area contributed by atoms with Crippen molar-refractivity contribution in [2.45, 2.75) is 58.2 Å². The first-order chi connectivity index (χ1) is 13.1. The van der Waals surface area contributed by atoms with E-state index in [1.807, 2.05) is 35.0 Å². The van der Waals surface area contributed by atoms with E-state index in [0.717, 1.165) is 17.8 Å². The molecule has 4 rings (SSSR count). The Balaban J connectivity index is 1.42. The number of anilines is 1. The number of carbonyl (C=O) groups excluding carboxylic acids is 2. The highest BCUT2D eigenvalue weighted by atomic mass is 16.2. The van der Waals surface area contributed by atoms with Gasteiger partial charge in [0, 0.05) is 24.1 Å². The summed E-state index contributed by atoms with van der Waals surface area (Å²) in [5.74, 6) is 1.47. The van der Waals surface area contributed by atoms with E-state index in [1.54, 1.807) is 11.1 Å². The Labute approximate surface area is 159 Å². The smallest absolute Gasteiger partial charge is 0.251 e. The molecule has 0 radical (unpaired) electrons. The molecule has 1 saturated carbocycles. The van der Waals surface area contributed by atoms with Crippen LogP contribution in [0.2, 0.25) is 0 Å². The van der Waals surface area contributed by atoms with Crippen molar-refractivity contribution in [2.24, 2.45) is 5.92 Å². The fourth-order valence-corrected chi connectivity index (χ4v) is 4.09. The van der Waals surface area contributed by atoms with E-state index < -0.39 is 0 Å². The van der Waals surface area contributed by atoms with E-state index in [9.17, 15) is 9.59 Å². The van der Waals surface area contributed by atoms with Crippen LogP contribution in [0.15, 0.2) is 36.5 Å². The summed E-state index contributed by atoms with van der Waals surface area (Å²) in [4.78, 5) is 26.6. The molecule has 6 heteroatoms. The second kappa shape index (κ2) is 7.55. The van der Waals surface area contributed by atoms with Crippen molar-refractivity contribution in [3.63, 3.8) is 0 Å². The number of aromatic nitrogens is 2. The first kappa shape index (κ1) is 17.8. The summed E-state index contributed by atoms with van der Waals surface area (Å²) in [6, 6.07) is 9.71. The molecular weight excluding hydrogens is 340 g/mol. The molecule has 1 aromatic heterocycles. The molecule has 2 amide bonds. The lowest BCUT2D eigenvalue weighted by Crippen LogP contribution is -2.41. The Morgan fingerprint density at radius 3 is 2.74 bits per heavy atom. The average molecular weight is 366 g/mol. The van der Waals surface area contributed by atoms with Gasteiger partial charge in [-0.3, -0.25) is 14.5 Å². The van der Waals surface area contributed by atoms with E-state index in [-0.39, 0.29) is 17.9 Å². The predicted octanol–water partition coefficient (Wildman–Crippen LogP) is 3.13. The molecular formula is C21H26N4O2. The first-order valence-corrected chi connectivity index (χ1v) is 9.84. The minimum absolute atomic E-state index is 0.00701. The van der Waals surface area contributed by atoms with Gasteiger partial charge in [-0.05, 0) is 36.5 Å². The number of nitrogens with one attached hydrogen (secondary N) is 1. The van der Waals surface area contributed by atoms with Crippen LogP contribution < -0.4 is 10.2 Å². The maximum atomic E-state index is 12.6. The third-order valence-electron chi connectivity index (χ3n) is 5.79. The zero-order valence-electron chi connectivity index (χ0n) is 15.7. The zero-order valence-corrected chi connectivity index (χ0v) is 15.7. The molecule has 0 bridgehead atoms. The normalized spacial score (nSPS) is 22.4. The number of hydrogen-bond donors (Lipinski definition) is 1. The molecule has 142 valence electrons. The van der Waals surface area contributed by atoms with Gasteiger partial charge in [-0.1, -0.05) is 31.9 Å². The highest BCUT2D eigenvalue weighted by molar-refractivity contribution is 5.95. The molecule has 6 nitrogen and oxygen atoms in total. The number of benzene rings is 1. The van der Waals surface area contributed by atoms with Gasteiger partial charge >= 0.3 is 0 Å². The standard InChI is InChI=1S/C21H26N4O2/c1-15-4-2-3-5-18(15)23-21(27)17-8-6-16(7-9-17)14-24-19-10-12-22-25(19)13-11-20(24)26/h6-10,12,15,18H,2-5,11,13-14H2,1H3,(H,23,27)/t15-,18-/m0/s1. The summed E-state index contributed by atoms with van der Waals surface area (Å²) in [7, 11) is 0. The van der Waals surface area contributed by atoms with Crippen molar-refractivity contribution in [2.75, 3.05) is 4.90 Å². The van der Waals surface area contributed by atoms with Crippen LogP contribution >= 0.6 is 0 Å². The molecule has 1 aliphatic carbocycles. The lowest BCUT2D eigenvalue weighted by Gasteiger charge is -2.29. The molecule has 2 heterocycles. The van der Waals surface area contributed by atoms with E-state index in [4.69, 9.17) is 0 Å².